The Morgan fingerprint density at radius 3 is 2.42 bits per heavy atom. The van der Waals surface area contributed by atoms with Gasteiger partial charge in [-0.3, -0.25) is 9.69 Å². The molecule has 1 saturated carbocycles. The molecule has 106 valence electrons. The minimum absolute atomic E-state index is 0.0158. The van der Waals surface area contributed by atoms with Crippen molar-refractivity contribution in [1.29, 1.82) is 0 Å². The number of nitrogens with zero attached hydrogens (tertiary/aromatic N) is 2. The Balaban J connectivity index is 1.82. The number of hydrogen-bond acceptors (Lipinski definition) is 4. The molecule has 0 aromatic heterocycles. The zero-order chi connectivity index (χ0) is 13.6. The van der Waals surface area contributed by atoms with Gasteiger partial charge in [0.25, 0.3) is 0 Å². The second kappa shape index (κ2) is 4.47. The van der Waals surface area contributed by atoms with E-state index in [-0.39, 0.29) is 42.5 Å². The van der Waals surface area contributed by atoms with Crippen LogP contribution in [-0.4, -0.2) is 60.3 Å². The van der Waals surface area contributed by atoms with Gasteiger partial charge in [-0.25, -0.2) is 13.2 Å². The van der Waals surface area contributed by atoms with E-state index in [1.54, 1.807) is 4.90 Å². The van der Waals surface area contributed by atoms with Crippen molar-refractivity contribution in [2.45, 2.75) is 44.2 Å². The number of fused-ring (bicyclic) bond motifs is 1. The summed E-state index contributed by atoms with van der Waals surface area (Å²) in [5.41, 5.74) is 0. The van der Waals surface area contributed by atoms with E-state index < -0.39 is 15.9 Å². The van der Waals surface area contributed by atoms with Gasteiger partial charge in [-0.05, 0) is 12.8 Å². The van der Waals surface area contributed by atoms with Gasteiger partial charge in [-0.15, -0.1) is 0 Å². The van der Waals surface area contributed by atoms with Crippen molar-refractivity contribution >= 4 is 21.8 Å². The monoisotopic (exact) mass is 286 g/mol. The number of carbonyl (C=O) groups excluding carboxylic acids is 2. The molecular formula is C12H18N2O4S. The largest absolute Gasteiger partial charge is 0.327 e. The van der Waals surface area contributed by atoms with Gasteiger partial charge in [-0.1, -0.05) is 12.8 Å². The fraction of sp³-hybridized carbons (Fsp3) is 0.833. The third-order valence-electron chi connectivity index (χ3n) is 4.35. The Hall–Kier alpha value is -1.11. The van der Waals surface area contributed by atoms with Crippen LogP contribution in [0, 0.1) is 0 Å². The Bertz CT molecular complexity index is 510. The van der Waals surface area contributed by atoms with Crippen LogP contribution in [0.3, 0.4) is 0 Å². The smallest absolute Gasteiger partial charge is 0.319 e. The van der Waals surface area contributed by atoms with Crippen molar-refractivity contribution in [2.75, 3.05) is 18.1 Å². The molecule has 3 rings (SSSR count). The summed E-state index contributed by atoms with van der Waals surface area (Å²) < 4.78 is 23.2. The number of carbonyl (C=O) groups is 2. The summed E-state index contributed by atoms with van der Waals surface area (Å²) in [5, 5.41) is 0. The van der Waals surface area contributed by atoms with Gasteiger partial charge < -0.3 is 4.90 Å². The fourth-order valence-corrected chi connectivity index (χ4v) is 4.90. The molecule has 2 aliphatic heterocycles. The number of sulfone groups is 1. The van der Waals surface area contributed by atoms with Gasteiger partial charge in [0.2, 0.25) is 5.91 Å². The summed E-state index contributed by atoms with van der Waals surface area (Å²) in [6.07, 6.45) is 4.03. The lowest BCUT2D eigenvalue weighted by Crippen LogP contribution is -2.63. The molecule has 3 amide bonds. The third kappa shape index (κ3) is 2.24. The summed E-state index contributed by atoms with van der Waals surface area (Å²) in [6, 6.07) is -0.695. The first-order chi connectivity index (χ1) is 8.98. The molecule has 0 N–H and O–H groups in total. The molecule has 0 bridgehead atoms. The van der Waals surface area contributed by atoms with Crippen LogP contribution in [0.5, 0.6) is 0 Å². The van der Waals surface area contributed by atoms with E-state index in [2.05, 4.69) is 0 Å². The molecule has 3 fully saturated rings. The normalized spacial score (nSPS) is 31.7. The Kier molecular flexibility index (Phi) is 3.03. The van der Waals surface area contributed by atoms with E-state index in [1.807, 2.05) is 0 Å². The minimum atomic E-state index is -3.10. The molecule has 3 aliphatic rings. The molecule has 0 radical (unpaired) electrons. The third-order valence-corrected chi connectivity index (χ3v) is 6.05. The van der Waals surface area contributed by atoms with E-state index in [0.29, 0.717) is 0 Å². The quantitative estimate of drug-likeness (QED) is 0.698. The molecule has 0 aromatic carbocycles. The number of urea groups is 1. The summed E-state index contributed by atoms with van der Waals surface area (Å²) in [4.78, 5) is 27.5. The molecule has 0 aromatic rings. The first-order valence-electron chi connectivity index (χ1n) is 6.81. The molecule has 0 spiro atoms. The van der Waals surface area contributed by atoms with Gasteiger partial charge in [0.05, 0.1) is 17.5 Å². The maximum atomic E-state index is 12.4. The zero-order valence-electron chi connectivity index (χ0n) is 10.7. The lowest BCUT2D eigenvalue weighted by atomic mass is 10.1. The Morgan fingerprint density at radius 1 is 1.05 bits per heavy atom. The topological polar surface area (TPSA) is 74.8 Å². The zero-order valence-corrected chi connectivity index (χ0v) is 11.6. The maximum absolute atomic E-state index is 12.4. The molecule has 2 saturated heterocycles. The average molecular weight is 286 g/mol. The number of hydrogen-bond donors (Lipinski definition) is 0. The molecule has 6 nitrogen and oxygen atoms in total. The standard InChI is InChI=1S/C12H18N2O4S/c15-11-7-10-8-19(17,18)6-5-13(10)12(16)14(11)9-3-1-2-4-9/h9-10H,1-8H2. The number of imide groups is 1. The first kappa shape index (κ1) is 12.9. The first-order valence-corrected chi connectivity index (χ1v) is 8.63. The molecule has 1 unspecified atom stereocenters. The minimum Gasteiger partial charge on any atom is -0.319 e. The van der Waals surface area contributed by atoms with Crippen LogP contribution < -0.4 is 0 Å². The van der Waals surface area contributed by atoms with Crippen LogP contribution in [0.2, 0.25) is 0 Å². The van der Waals surface area contributed by atoms with E-state index >= 15 is 0 Å². The van der Waals surface area contributed by atoms with Gasteiger partial charge in [0.15, 0.2) is 9.84 Å². The van der Waals surface area contributed by atoms with E-state index in [4.69, 9.17) is 0 Å². The van der Waals surface area contributed by atoms with Gasteiger partial charge in [-0.2, -0.15) is 0 Å². The molecule has 7 heteroatoms. The highest BCUT2D eigenvalue weighted by molar-refractivity contribution is 7.91. The average Bonchev–Trinajstić information content (AvgIpc) is 2.80. The van der Waals surface area contributed by atoms with Crippen molar-refractivity contribution in [2.24, 2.45) is 0 Å². The van der Waals surface area contributed by atoms with Crippen LogP contribution in [0.4, 0.5) is 4.79 Å². The van der Waals surface area contributed by atoms with Crippen molar-refractivity contribution in [3.05, 3.63) is 0 Å². The van der Waals surface area contributed by atoms with E-state index in [0.717, 1.165) is 25.7 Å². The Morgan fingerprint density at radius 2 is 1.74 bits per heavy atom. The lowest BCUT2D eigenvalue weighted by molar-refractivity contribution is -0.134. The fourth-order valence-electron chi connectivity index (χ4n) is 3.37. The van der Waals surface area contributed by atoms with Crippen LogP contribution in [0.1, 0.15) is 32.1 Å². The van der Waals surface area contributed by atoms with Gasteiger partial charge in [0.1, 0.15) is 0 Å². The molecular weight excluding hydrogens is 268 g/mol. The summed E-state index contributed by atoms with van der Waals surface area (Å²) in [5.74, 6) is -0.250. The molecule has 19 heavy (non-hydrogen) atoms. The summed E-state index contributed by atoms with van der Waals surface area (Å²) >= 11 is 0. The number of rotatable bonds is 1. The maximum Gasteiger partial charge on any atom is 0.327 e. The molecule has 2 heterocycles. The highest BCUT2D eigenvalue weighted by atomic mass is 32.2. The number of amides is 3. The van der Waals surface area contributed by atoms with Gasteiger partial charge >= 0.3 is 6.03 Å². The summed E-state index contributed by atoms with van der Waals surface area (Å²) in [7, 11) is -3.10. The van der Waals surface area contributed by atoms with Crippen LogP contribution in [-0.2, 0) is 14.6 Å². The second-order valence-corrected chi connectivity index (χ2v) is 7.88. The molecule has 1 atom stereocenters. The van der Waals surface area contributed by atoms with Crippen LogP contribution in [0.15, 0.2) is 0 Å². The lowest BCUT2D eigenvalue weighted by Gasteiger charge is -2.44. The Labute approximate surface area is 112 Å². The highest BCUT2D eigenvalue weighted by Crippen LogP contribution is 2.30. The van der Waals surface area contributed by atoms with E-state index in [9.17, 15) is 18.0 Å². The predicted octanol–water partition coefficient (Wildman–Crippen LogP) is 0.380. The van der Waals surface area contributed by atoms with Crippen molar-refractivity contribution in [3.63, 3.8) is 0 Å². The molecule has 1 aliphatic carbocycles. The van der Waals surface area contributed by atoms with Crippen LogP contribution in [0.25, 0.3) is 0 Å². The SMILES string of the molecule is O=C1CC2CS(=O)(=O)CCN2C(=O)N1C1CCCC1. The summed E-state index contributed by atoms with van der Waals surface area (Å²) in [6.45, 7) is 0.225. The second-order valence-electron chi connectivity index (χ2n) is 5.65. The van der Waals surface area contributed by atoms with Crippen molar-refractivity contribution in [1.82, 2.24) is 9.80 Å². The van der Waals surface area contributed by atoms with Gasteiger partial charge in [0, 0.05) is 19.0 Å². The van der Waals surface area contributed by atoms with Crippen LogP contribution >= 0.6 is 0 Å². The van der Waals surface area contributed by atoms with Crippen molar-refractivity contribution < 1.29 is 18.0 Å². The van der Waals surface area contributed by atoms with Crippen molar-refractivity contribution in [3.8, 4) is 0 Å². The van der Waals surface area contributed by atoms with E-state index in [1.165, 1.54) is 4.90 Å². The highest BCUT2D eigenvalue weighted by Gasteiger charge is 2.45. The predicted molar refractivity (Wildman–Crippen MR) is 68.3 cm³/mol.